The van der Waals surface area contributed by atoms with Gasteiger partial charge in [0.05, 0.1) is 0 Å². The van der Waals surface area contributed by atoms with Crippen LogP contribution in [0, 0.1) is 12.7 Å². The molecule has 0 saturated carbocycles. The molecule has 0 aromatic heterocycles. The molecular formula is C9H9BrFNO2. The van der Waals surface area contributed by atoms with Crippen molar-refractivity contribution >= 4 is 21.9 Å². The van der Waals surface area contributed by atoms with Crippen LogP contribution in [0.3, 0.4) is 0 Å². The lowest BCUT2D eigenvalue weighted by molar-refractivity contribution is -0.138. The van der Waals surface area contributed by atoms with Crippen molar-refractivity contribution in [1.82, 2.24) is 0 Å². The van der Waals surface area contributed by atoms with Crippen molar-refractivity contribution in [2.45, 2.75) is 13.0 Å². The summed E-state index contributed by atoms with van der Waals surface area (Å²) in [5.74, 6) is -1.82. The molecule has 3 nitrogen and oxygen atoms in total. The van der Waals surface area contributed by atoms with Gasteiger partial charge in [-0.05, 0) is 18.6 Å². The average molecular weight is 262 g/mol. The molecule has 0 saturated heterocycles. The molecule has 1 rings (SSSR count). The Bertz CT molecular complexity index is 381. The molecule has 5 heteroatoms. The summed E-state index contributed by atoms with van der Waals surface area (Å²) in [6, 6.07) is 1.63. The zero-order valence-corrected chi connectivity index (χ0v) is 9.01. The monoisotopic (exact) mass is 261 g/mol. The summed E-state index contributed by atoms with van der Waals surface area (Å²) in [6.45, 7) is 1.55. The molecule has 1 unspecified atom stereocenters. The van der Waals surface area contributed by atoms with Gasteiger partial charge in [-0.15, -0.1) is 0 Å². The summed E-state index contributed by atoms with van der Waals surface area (Å²) in [4.78, 5) is 10.5. The minimum Gasteiger partial charge on any atom is -0.480 e. The fraction of sp³-hybridized carbons (Fsp3) is 0.222. The van der Waals surface area contributed by atoms with Crippen molar-refractivity contribution in [3.8, 4) is 0 Å². The van der Waals surface area contributed by atoms with Crippen LogP contribution in [0.15, 0.2) is 16.6 Å². The van der Waals surface area contributed by atoms with E-state index in [0.717, 1.165) is 0 Å². The van der Waals surface area contributed by atoms with Gasteiger partial charge in [-0.25, -0.2) is 4.39 Å². The molecule has 0 amide bonds. The Kier molecular flexibility index (Phi) is 3.23. The molecule has 0 heterocycles. The van der Waals surface area contributed by atoms with E-state index in [4.69, 9.17) is 10.8 Å². The van der Waals surface area contributed by atoms with E-state index in [2.05, 4.69) is 15.9 Å². The fourth-order valence-corrected chi connectivity index (χ4v) is 1.36. The van der Waals surface area contributed by atoms with E-state index in [0.29, 0.717) is 10.0 Å². The van der Waals surface area contributed by atoms with Crippen molar-refractivity contribution in [3.63, 3.8) is 0 Å². The molecule has 1 aromatic rings. The first-order valence-corrected chi connectivity index (χ1v) is 4.67. The largest absolute Gasteiger partial charge is 0.480 e. The van der Waals surface area contributed by atoms with Crippen molar-refractivity contribution in [3.05, 3.63) is 33.5 Å². The Balaban J connectivity index is 3.24. The highest BCUT2D eigenvalue weighted by Gasteiger charge is 2.20. The molecular weight excluding hydrogens is 253 g/mol. The van der Waals surface area contributed by atoms with Crippen LogP contribution in [0.2, 0.25) is 0 Å². The Hall–Kier alpha value is -0.940. The third-order valence-electron chi connectivity index (χ3n) is 1.95. The first-order valence-electron chi connectivity index (χ1n) is 3.88. The summed E-state index contributed by atoms with van der Waals surface area (Å²) in [6.07, 6.45) is 0. The van der Waals surface area contributed by atoms with Gasteiger partial charge in [0.2, 0.25) is 0 Å². The topological polar surface area (TPSA) is 63.3 Å². The maximum atomic E-state index is 13.5. The highest BCUT2D eigenvalue weighted by atomic mass is 79.9. The van der Waals surface area contributed by atoms with E-state index in [9.17, 15) is 9.18 Å². The Labute approximate surface area is 88.9 Å². The second-order valence-corrected chi connectivity index (χ2v) is 3.75. The molecule has 1 aromatic carbocycles. The zero-order valence-electron chi connectivity index (χ0n) is 7.42. The molecule has 1 atom stereocenters. The summed E-state index contributed by atoms with van der Waals surface area (Å²) < 4.78 is 14.1. The summed E-state index contributed by atoms with van der Waals surface area (Å²) in [5.41, 5.74) is 5.66. The molecule has 14 heavy (non-hydrogen) atoms. The second-order valence-electron chi connectivity index (χ2n) is 2.89. The van der Waals surface area contributed by atoms with Gasteiger partial charge < -0.3 is 10.8 Å². The summed E-state index contributed by atoms with van der Waals surface area (Å²) in [5, 5.41) is 8.62. The molecule has 0 bridgehead atoms. The minimum absolute atomic E-state index is 0.00167. The number of halogens is 2. The summed E-state index contributed by atoms with van der Waals surface area (Å²) >= 11 is 3.14. The van der Waals surface area contributed by atoms with Crippen molar-refractivity contribution in [2.24, 2.45) is 5.73 Å². The van der Waals surface area contributed by atoms with E-state index in [-0.39, 0.29) is 5.56 Å². The highest BCUT2D eigenvalue weighted by molar-refractivity contribution is 9.10. The normalized spacial score (nSPS) is 12.6. The predicted molar refractivity (Wildman–Crippen MR) is 53.4 cm³/mol. The van der Waals surface area contributed by atoms with Gasteiger partial charge in [0.25, 0.3) is 0 Å². The van der Waals surface area contributed by atoms with Crippen LogP contribution in [0.25, 0.3) is 0 Å². The van der Waals surface area contributed by atoms with Gasteiger partial charge in [-0.2, -0.15) is 0 Å². The predicted octanol–water partition coefficient (Wildman–Crippen LogP) is 1.98. The Morgan fingerprint density at radius 2 is 2.21 bits per heavy atom. The molecule has 76 valence electrons. The molecule has 0 aliphatic carbocycles. The van der Waals surface area contributed by atoms with E-state index < -0.39 is 17.8 Å². The quantitative estimate of drug-likeness (QED) is 0.856. The van der Waals surface area contributed by atoms with Crippen molar-refractivity contribution < 1.29 is 14.3 Å². The Morgan fingerprint density at radius 3 is 2.71 bits per heavy atom. The number of aliphatic carboxylic acids is 1. The van der Waals surface area contributed by atoms with E-state index in [1.165, 1.54) is 6.07 Å². The maximum Gasteiger partial charge on any atom is 0.325 e. The van der Waals surface area contributed by atoms with Crippen LogP contribution in [0.1, 0.15) is 17.2 Å². The SMILES string of the molecule is Cc1c(Br)ccc(C(N)C(=O)O)c1F. The third-order valence-corrected chi connectivity index (χ3v) is 2.81. The lowest BCUT2D eigenvalue weighted by Gasteiger charge is -2.10. The van der Waals surface area contributed by atoms with Crippen molar-refractivity contribution in [2.75, 3.05) is 0 Å². The molecule has 0 aliphatic rings. The van der Waals surface area contributed by atoms with Crippen LogP contribution in [0.4, 0.5) is 4.39 Å². The van der Waals surface area contributed by atoms with E-state index >= 15 is 0 Å². The van der Waals surface area contributed by atoms with Gasteiger partial charge in [0.1, 0.15) is 11.9 Å². The molecule has 0 spiro atoms. The van der Waals surface area contributed by atoms with E-state index in [1.807, 2.05) is 0 Å². The lowest BCUT2D eigenvalue weighted by atomic mass is 10.0. The van der Waals surface area contributed by atoms with Crippen LogP contribution in [-0.4, -0.2) is 11.1 Å². The number of hydrogen-bond donors (Lipinski definition) is 2. The number of carbonyl (C=O) groups is 1. The van der Waals surface area contributed by atoms with Crippen molar-refractivity contribution in [1.29, 1.82) is 0 Å². The third kappa shape index (κ3) is 1.93. The fourth-order valence-electron chi connectivity index (χ4n) is 1.06. The van der Waals surface area contributed by atoms with Gasteiger partial charge in [-0.1, -0.05) is 22.0 Å². The average Bonchev–Trinajstić information content (AvgIpc) is 2.13. The van der Waals surface area contributed by atoms with Crippen LogP contribution < -0.4 is 5.73 Å². The number of rotatable bonds is 2. The molecule has 0 radical (unpaired) electrons. The number of carboxylic acid groups (broad SMARTS) is 1. The molecule has 3 N–H and O–H groups in total. The van der Waals surface area contributed by atoms with Gasteiger partial charge in [0, 0.05) is 10.0 Å². The van der Waals surface area contributed by atoms with Gasteiger partial charge >= 0.3 is 5.97 Å². The number of nitrogens with two attached hydrogens (primary N) is 1. The van der Waals surface area contributed by atoms with E-state index in [1.54, 1.807) is 13.0 Å². The minimum atomic E-state index is -1.32. The standard InChI is InChI=1S/C9H9BrFNO2/c1-4-6(10)3-2-5(7(4)11)8(12)9(13)14/h2-3,8H,12H2,1H3,(H,13,14). The molecule has 0 fully saturated rings. The van der Waals surface area contributed by atoms with Gasteiger partial charge in [0.15, 0.2) is 0 Å². The highest BCUT2D eigenvalue weighted by Crippen LogP contribution is 2.24. The maximum absolute atomic E-state index is 13.5. The number of benzene rings is 1. The smallest absolute Gasteiger partial charge is 0.325 e. The van der Waals surface area contributed by atoms with Crippen LogP contribution in [0.5, 0.6) is 0 Å². The molecule has 0 aliphatic heterocycles. The Morgan fingerprint density at radius 1 is 1.64 bits per heavy atom. The van der Waals surface area contributed by atoms with Crippen LogP contribution >= 0.6 is 15.9 Å². The first kappa shape index (κ1) is 11.1. The lowest BCUT2D eigenvalue weighted by Crippen LogP contribution is -2.22. The first-order chi connectivity index (χ1) is 6.45. The number of carboxylic acids is 1. The van der Waals surface area contributed by atoms with Gasteiger partial charge in [-0.3, -0.25) is 4.79 Å². The van der Waals surface area contributed by atoms with Crippen LogP contribution in [-0.2, 0) is 4.79 Å². The second kappa shape index (κ2) is 4.06. The zero-order chi connectivity index (χ0) is 10.9. The summed E-state index contributed by atoms with van der Waals surface area (Å²) in [7, 11) is 0. The number of hydrogen-bond acceptors (Lipinski definition) is 2.